The molecule has 3 aliphatic rings. The summed E-state index contributed by atoms with van der Waals surface area (Å²) in [7, 11) is 11.7. The van der Waals surface area contributed by atoms with Gasteiger partial charge in [-0.25, -0.2) is 8.78 Å². The first-order valence-corrected chi connectivity index (χ1v) is 5.56. The number of hydrogen-bond donors (Lipinski definition) is 1. The number of hydrogen-bond acceptors (Lipinski definition) is 2. The predicted octanol–water partition coefficient (Wildman–Crippen LogP) is 0.305. The molecule has 0 bridgehead atoms. The first-order chi connectivity index (χ1) is 7.24. The van der Waals surface area contributed by atoms with Gasteiger partial charge in [0.25, 0.3) is 5.92 Å². The Morgan fingerprint density at radius 2 is 1.75 bits per heavy atom. The third kappa shape index (κ3) is 1.20. The van der Waals surface area contributed by atoms with Crippen LogP contribution in [0.25, 0.3) is 0 Å². The summed E-state index contributed by atoms with van der Waals surface area (Å²) < 4.78 is 26.7. The molecule has 1 N–H and O–H groups in total. The minimum absolute atomic E-state index is 0.0552. The van der Waals surface area contributed by atoms with Crippen molar-refractivity contribution in [3.05, 3.63) is 0 Å². The number of halogens is 2. The average Bonchev–Trinajstić information content (AvgIpc) is 2.41. The fourth-order valence-electron chi connectivity index (χ4n) is 3.71. The van der Waals surface area contributed by atoms with Gasteiger partial charge in [0.15, 0.2) is 0 Å². The SMILES string of the molecule is [B]C1([B])CN2CC3(CC2(CO)C1)CC3(F)F. The number of alkyl halides is 2. The van der Waals surface area contributed by atoms with E-state index in [1.54, 1.807) is 0 Å². The summed E-state index contributed by atoms with van der Waals surface area (Å²) in [6.45, 7) is 0.572. The second kappa shape index (κ2) is 2.66. The number of aliphatic hydroxyl groups is 1. The first-order valence-electron chi connectivity index (χ1n) is 5.56. The zero-order valence-electron chi connectivity index (χ0n) is 9.05. The maximum absolute atomic E-state index is 13.3. The molecule has 0 aromatic carbocycles. The Balaban J connectivity index is 1.88. The molecule has 0 amide bonds. The lowest BCUT2D eigenvalue weighted by atomic mass is 9.52. The van der Waals surface area contributed by atoms with Crippen LogP contribution in [0.2, 0.25) is 5.21 Å². The lowest BCUT2D eigenvalue weighted by molar-refractivity contribution is 0.0643. The monoisotopic (exact) mass is 223 g/mol. The fraction of sp³-hybridized carbons (Fsp3) is 1.00. The van der Waals surface area contributed by atoms with Crippen LogP contribution in [0.5, 0.6) is 0 Å². The molecule has 2 aliphatic heterocycles. The molecule has 2 saturated heterocycles. The van der Waals surface area contributed by atoms with Gasteiger partial charge in [-0.3, -0.25) is 4.90 Å². The van der Waals surface area contributed by atoms with Crippen LogP contribution in [-0.4, -0.2) is 56.9 Å². The minimum atomic E-state index is -2.56. The predicted molar refractivity (Wildman–Crippen MR) is 56.8 cm³/mol. The zero-order chi connectivity index (χ0) is 11.8. The van der Waals surface area contributed by atoms with Gasteiger partial charge in [-0.15, -0.1) is 0 Å². The van der Waals surface area contributed by atoms with Gasteiger partial charge in [-0.1, -0.05) is 5.21 Å². The van der Waals surface area contributed by atoms with Crippen LogP contribution in [0.3, 0.4) is 0 Å². The Morgan fingerprint density at radius 1 is 1.12 bits per heavy atom. The normalized spacial score (nSPS) is 48.4. The van der Waals surface area contributed by atoms with Crippen molar-refractivity contribution >= 4 is 15.7 Å². The highest BCUT2D eigenvalue weighted by atomic mass is 19.3. The number of fused-ring (bicyclic) bond motifs is 1. The molecule has 6 heteroatoms. The Hall–Kier alpha value is -0.0901. The van der Waals surface area contributed by atoms with Crippen molar-refractivity contribution < 1.29 is 13.9 Å². The van der Waals surface area contributed by atoms with E-state index in [4.69, 9.17) is 15.7 Å². The molecular formula is C10H13B2F2NO. The highest BCUT2D eigenvalue weighted by Gasteiger charge is 2.77. The molecule has 2 nitrogen and oxygen atoms in total. The fourth-order valence-corrected chi connectivity index (χ4v) is 3.71. The molecule has 16 heavy (non-hydrogen) atoms. The van der Waals surface area contributed by atoms with Crippen LogP contribution in [0.4, 0.5) is 8.78 Å². The summed E-state index contributed by atoms with van der Waals surface area (Å²) in [5.74, 6) is -2.56. The van der Waals surface area contributed by atoms with Crippen LogP contribution in [-0.2, 0) is 0 Å². The van der Waals surface area contributed by atoms with E-state index in [1.165, 1.54) is 0 Å². The van der Waals surface area contributed by atoms with Crippen LogP contribution in [0.1, 0.15) is 19.3 Å². The highest BCUT2D eigenvalue weighted by molar-refractivity contribution is 6.40. The van der Waals surface area contributed by atoms with Gasteiger partial charge in [-0.2, -0.15) is 0 Å². The van der Waals surface area contributed by atoms with E-state index in [0.29, 0.717) is 25.9 Å². The first kappa shape index (κ1) is 11.0. The van der Waals surface area contributed by atoms with E-state index in [0.717, 1.165) is 0 Å². The lowest BCUT2D eigenvalue weighted by Crippen LogP contribution is -2.41. The average molecular weight is 223 g/mol. The van der Waals surface area contributed by atoms with E-state index in [9.17, 15) is 13.9 Å². The quantitative estimate of drug-likeness (QED) is 0.646. The number of nitrogens with zero attached hydrogens (tertiary/aromatic N) is 1. The summed E-state index contributed by atoms with van der Waals surface area (Å²) in [4.78, 5) is 1.87. The number of aliphatic hydroxyl groups excluding tert-OH is 1. The molecule has 1 saturated carbocycles. The van der Waals surface area contributed by atoms with Crippen LogP contribution in [0, 0.1) is 5.41 Å². The van der Waals surface area contributed by atoms with Crippen LogP contribution in [0.15, 0.2) is 0 Å². The van der Waals surface area contributed by atoms with E-state index < -0.39 is 22.1 Å². The summed E-state index contributed by atoms with van der Waals surface area (Å²) in [6, 6.07) is 0. The molecule has 3 rings (SSSR count). The molecular weight excluding hydrogens is 210 g/mol. The summed E-state index contributed by atoms with van der Waals surface area (Å²) >= 11 is 0. The topological polar surface area (TPSA) is 23.5 Å². The number of rotatable bonds is 1. The van der Waals surface area contributed by atoms with Gasteiger partial charge in [0.1, 0.15) is 0 Å². The van der Waals surface area contributed by atoms with Crippen molar-refractivity contribution in [2.75, 3.05) is 19.7 Å². The van der Waals surface area contributed by atoms with Crippen molar-refractivity contribution in [3.63, 3.8) is 0 Å². The van der Waals surface area contributed by atoms with E-state index in [2.05, 4.69) is 0 Å². The van der Waals surface area contributed by atoms with Gasteiger partial charge in [0.2, 0.25) is 0 Å². The molecule has 3 fully saturated rings. The summed E-state index contributed by atoms with van der Waals surface area (Å²) in [5.41, 5.74) is -1.52. The molecule has 2 unspecified atom stereocenters. The van der Waals surface area contributed by atoms with Crippen molar-refractivity contribution in [2.45, 2.75) is 35.9 Å². The Morgan fingerprint density at radius 3 is 2.19 bits per heavy atom. The molecule has 1 spiro atoms. The van der Waals surface area contributed by atoms with Gasteiger partial charge in [0.05, 0.1) is 27.7 Å². The molecule has 2 atom stereocenters. The molecule has 1 aliphatic carbocycles. The van der Waals surface area contributed by atoms with E-state index in [-0.39, 0.29) is 13.0 Å². The summed E-state index contributed by atoms with van der Waals surface area (Å²) in [5, 5.41) is 8.64. The smallest absolute Gasteiger partial charge is 0.255 e. The maximum atomic E-state index is 13.3. The second-order valence-corrected chi connectivity index (χ2v) is 5.99. The highest BCUT2D eigenvalue weighted by Crippen LogP contribution is 2.70. The molecule has 84 valence electrons. The maximum Gasteiger partial charge on any atom is 0.255 e. The second-order valence-electron chi connectivity index (χ2n) is 5.99. The van der Waals surface area contributed by atoms with E-state index >= 15 is 0 Å². The molecule has 2 heterocycles. The molecule has 0 aromatic heterocycles. The van der Waals surface area contributed by atoms with Crippen molar-refractivity contribution in [2.24, 2.45) is 5.41 Å². The standard InChI is InChI=1S/C10H13B2F2NO/c11-9(12)3-8(6-16)1-7(2-10(7,13)14)4-15(8)5-9/h16H,1-6H2. The van der Waals surface area contributed by atoms with Gasteiger partial charge in [-0.05, 0) is 19.4 Å². The third-order valence-corrected chi connectivity index (χ3v) is 4.48. The summed E-state index contributed by atoms with van der Waals surface area (Å²) in [6.07, 6.45) is 0.661. The zero-order valence-corrected chi connectivity index (χ0v) is 9.05. The van der Waals surface area contributed by atoms with Crippen LogP contribution < -0.4 is 0 Å². The Bertz CT molecular complexity index is 352. The minimum Gasteiger partial charge on any atom is -0.394 e. The van der Waals surface area contributed by atoms with Gasteiger partial charge < -0.3 is 5.11 Å². The van der Waals surface area contributed by atoms with Gasteiger partial charge in [0, 0.05) is 18.5 Å². The Labute approximate surface area is 96.2 Å². The molecule has 4 radical (unpaired) electrons. The van der Waals surface area contributed by atoms with Crippen LogP contribution >= 0.6 is 0 Å². The molecule has 0 aromatic rings. The van der Waals surface area contributed by atoms with Crippen molar-refractivity contribution in [1.82, 2.24) is 4.90 Å². The third-order valence-electron chi connectivity index (χ3n) is 4.48. The lowest BCUT2D eigenvalue weighted by Gasteiger charge is -2.29. The van der Waals surface area contributed by atoms with E-state index in [1.807, 2.05) is 4.90 Å². The van der Waals surface area contributed by atoms with Crippen molar-refractivity contribution in [1.29, 1.82) is 0 Å². The Kier molecular flexibility index (Phi) is 1.84. The van der Waals surface area contributed by atoms with Gasteiger partial charge >= 0.3 is 0 Å². The largest absolute Gasteiger partial charge is 0.394 e. The van der Waals surface area contributed by atoms with Crippen molar-refractivity contribution in [3.8, 4) is 0 Å².